The topological polar surface area (TPSA) is 50.4 Å². The van der Waals surface area contributed by atoms with E-state index in [2.05, 4.69) is 30.5 Å². The van der Waals surface area contributed by atoms with Gasteiger partial charge in [-0.25, -0.2) is 0 Å². The van der Waals surface area contributed by atoms with E-state index >= 15 is 0 Å². The van der Waals surface area contributed by atoms with Gasteiger partial charge in [-0.05, 0) is 24.0 Å². The highest BCUT2D eigenvalue weighted by Gasteiger charge is 2.20. The maximum Gasteiger partial charge on any atom is 0.233 e. The van der Waals surface area contributed by atoms with Crippen LogP contribution in [0.1, 0.15) is 31.7 Å². The van der Waals surface area contributed by atoms with Gasteiger partial charge in [0, 0.05) is 19.0 Å². The van der Waals surface area contributed by atoms with Gasteiger partial charge in [0.2, 0.25) is 5.91 Å². The Labute approximate surface area is 120 Å². The summed E-state index contributed by atoms with van der Waals surface area (Å²) in [5, 5.41) is 6.16. The fraction of sp³-hybridized carbons (Fsp3) is 0.562. The number of rotatable bonds is 6. The molecule has 20 heavy (non-hydrogen) atoms. The van der Waals surface area contributed by atoms with E-state index in [0.717, 1.165) is 31.9 Å². The Kier molecular flexibility index (Phi) is 5.41. The minimum absolute atomic E-state index is 0.0686. The van der Waals surface area contributed by atoms with Crippen LogP contribution in [0.25, 0.3) is 0 Å². The molecule has 1 amide bonds. The highest BCUT2D eigenvalue weighted by molar-refractivity contribution is 5.77. The van der Waals surface area contributed by atoms with E-state index in [1.807, 2.05) is 18.2 Å². The molecule has 1 atom stereocenters. The molecular weight excluding hydrogens is 252 g/mol. The van der Waals surface area contributed by atoms with Crippen LogP contribution in [0.3, 0.4) is 0 Å². The molecule has 0 saturated heterocycles. The smallest absolute Gasteiger partial charge is 0.233 e. The second-order valence-electron chi connectivity index (χ2n) is 5.70. The summed E-state index contributed by atoms with van der Waals surface area (Å²) in [7, 11) is 0. The summed E-state index contributed by atoms with van der Waals surface area (Å²) >= 11 is 0. The highest BCUT2D eigenvalue weighted by atomic mass is 16.5. The number of para-hydroxylation sites is 1. The van der Waals surface area contributed by atoms with E-state index in [-0.39, 0.29) is 5.91 Å². The Morgan fingerprint density at radius 3 is 3.00 bits per heavy atom. The molecule has 2 rings (SSSR count). The lowest BCUT2D eigenvalue weighted by atomic mass is 9.93. The Morgan fingerprint density at radius 2 is 2.20 bits per heavy atom. The van der Waals surface area contributed by atoms with E-state index in [0.29, 0.717) is 18.4 Å². The molecule has 0 spiro atoms. The number of benzene rings is 1. The first kappa shape index (κ1) is 14.9. The molecule has 0 radical (unpaired) electrons. The molecule has 0 bridgehead atoms. The van der Waals surface area contributed by atoms with Crippen molar-refractivity contribution in [2.45, 2.75) is 26.2 Å². The zero-order chi connectivity index (χ0) is 14.4. The van der Waals surface area contributed by atoms with Gasteiger partial charge in [-0.3, -0.25) is 4.79 Å². The second kappa shape index (κ2) is 7.29. The molecule has 2 N–H and O–H groups in total. The third-order valence-corrected chi connectivity index (χ3v) is 3.47. The van der Waals surface area contributed by atoms with Crippen molar-refractivity contribution in [3.8, 4) is 5.75 Å². The first-order chi connectivity index (χ1) is 9.66. The lowest BCUT2D eigenvalue weighted by Gasteiger charge is -2.26. The van der Waals surface area contributed by atoms with Gasteiger partial charge in [-0.2, -0.15) is 0 Å². The Morgan fingerprint density at radius 1 is 1.40 bits per heavy atom. The Bertz CT molecular complexity index is 446. The molecule has 1 aliphatic heterocycles. The number of nitrogens with one attached hydrogen (secondary N) is 2. The first-order valence-electron chi connectivity index (χ1n) is 7.36. The van der Waals surface area contributed by atoms with Crippen molar-refractivity contribution in [2.75, 3.05) is 26.2 Å². The minimum atomic E-state index is 0.0686. The summed E-state index contributed by atoms with van der Waals surface area (Å²) in [4.78, 5) is 11.6. The average Bonchev–Trinajstić information content (AvgIpc) is 2.45. The molecular formula is C16H24N2O2. The van der Waals surface area contributed by atoms with Crippen LogP contribution in [0.4, 0.5) is 0 Å². The van der Waals surface area contributed by atoms with Gasteiger partial charge >= 0.3 is 0 Å². The fourth-order valence-electron chi connectivity index (χ4n) is 2.37. The number of fused-ring (bicyclic) bond motifs is 1. The van der Waals surface area contributed by atoms with Crippen LogP contribution in [0.2, 0.25) is 0 Å². The van der Waals surface area contributed by atoms with E-state index < -0.39 is 0 Å². The number of carbonyl (C=O) groups excluding carboxylic acids is 1. The van der Waals surface area contributed by atoms with E-state index in [1.54, 1.807) is 0 Å². The second-order valence-corrected chi connectivity index (χ2v) is 5.70. The number of hydrogen-bond acceptors (Lipinski definition) is 3. The van der Waals surface area contributed by atoms with Gasteiger partial charge in [0.15, 0.2) is 0 Å². The summed E-state index contributed by atoms with van der Waals surface area (Å²) in [5.74, 6) is 1.97. The summed E-state index contributed by atoms with van der Waals surface area (Å²) < 4.78 is 5.64. The molecule has 0 saturated carbocycles. The van der Waals surface area contributed by atoms with Crippen LogP contribution in [0.15, 0.2) is 24.3 Å². The molecule has 0 fully saturated rings. The van der Waals surface area contributed by atoms with Crippen LogP contribution in [0, 0.1) is 5.92 Å². The van der Waals surface area contributed by atoms with E-state index in [1.165, 1.54) is 5.56 Å². The van der Waals surface area contributed by atoms with Crippen molar-refractivity contribution in [2.24, 2.45) is 5.92 Å². The number of amides is 1. The lowest BCUT2D eigenvalue weighted by molar-refractivity contribution is -0.120. The van der Waals surface area contributed by atoms with Crippen molar-refractivity contribution >= 4 is 5.91 Å². The van der Waals surface area contributed by atoms with Gasteiger partial charge in [0.25, 0.3) is 0 Å². The van der Waals surface area contributed by atoms with Crippen molar-refractivity contribution in [1.29, 1.82) is 0 Å². The number of ether oxygens (including phenoxy) is 1. The normalized spacial score (nSPS) is 17.4. The molecule has 0 aliphatic carbocycles. The molecule has 1 aliphatic rings. The maximum absolute atomic E-state index is 11.6. The minimum Gasteiger partial charge on any atom is -0.493 e. The predicted octanol–water partition coefficient (Wildman–Crippen LogP) is 1.91. The molecule has 1 aromatic carbocycles. The standard InChI is InChI=1S/C16H24N2O2/c1-12(2)9-18-16(19)11-17-10-13-7-8-20-15-6-4-3-5-14(13)15/h3-6,12-13,17H,7-11H2,1-2H3,(H,18,19). The summed E-state index contributed by atoms with van der Waals surface area (Å²) in [6, 6.07) is 8.15. The average molecular weight is 276 g/mol. The maximum atomic E-state index is 11.6. The Hall–Kier alpha value is -1.55. The number of carbonyl (C=O) groups is 1. The van der Waals surface area contributed by atoms with Crippen molar-refractivity contribution in [3.05, 3.63) is 29.8 Å². The SMILES string of the molecule is CC(C)CNC(=O)CNCC1CCOc2ccccc21. The van der Waals surface area contributed by atoms with Gasteiger partial charge in [-0.15, -0.1) is 0 Å². The van der Waals surface area contributed by atoms with Crippen molar-refractivity contribution in [3.63, 3.8) is 0 Å². The first-order valence-corrected chi connectivity index (χ1v) is 7.36. The molecule has 0 aromatic heterocycles. The molecule has 1 aromatic rings. The summed E-state index contributed by atoms with van der Waals surface area (Å²) in [6.07, 6.45) is 0.998. The summed E-state index contributed by atoms with van der Waals surface area (Å²) in [6.45, 7) is 6.87. The van der Waals surface area contributed by atoms with Crippen LogP contribution < -0.4 is 15.4 Å². The van der Waals surface area contributed by atoms with Gasteiger partial charge in [-0.1, -0.05) is 32.0 Å². The largest absolute Gasteiger partial charge is 0.493 e. The molecule has 110 valence electrons. The van der Waals surface area contributed by atoms with Crippen LogP contribution in [0.5, 0.6) is 5.75 Å². The van der Waals surface area contributed by atoms with Crippen LogP contribution in [-0.2, 0) is 4.79 Å². The van der Waals surface area contributed by atoms with E-state index in [4.69, 9.17) is 4.74 Å². The van der Waals surface area contributed by atoms with Crippen LogP contribution in [-0.4, -0.2) is 32.1 Å². The van der Waals surface area contributed by atoms with Gasteiger partial charge < -0.3 is 15.4 Å². The fourth-order valence-corrected chi connectivity index (χ4v) is 2.37. The van der Waals surface area contributed by atoms with E-state index in [9.17, 15) is 4.79 Å². The monoisotopic (exact) mass is 276 g/mol. The summed E-state index contributed by atoms with van der Waals surface area (Å²) in [5.41, 5.74) is 1.24. The molecule has 1 unspecified atom stereocenters. The van der Waals surface area contributed by atoms with Gasteiger partial charge in [0.1, 0.15) is 5.75 Å². The molecule has 4 nitrogen and oxygen atoms in total. The number of hydrogen-bond donors (Lipinski definition) is 2. The van der Waals surface area contributed by atoms with Crippen molar-refractivity contribution < 1.29 is 9.53 Å². The predicted molar refractivity (Wildman–Crippen MR) is 80.0 cm³/mol. The third kappa shape index (κ3) is 4.23. The quantitative estimate of drug-likeness (QED) is 0.834. The zero-order valence-electron chi connectivity index (χ0n) is 12.3. The third-order valence-electron chi connectivity index (χ3n) is 3.47. The van der Waals surface area contributed by atoms with Crippen molar-refractivity contribution in [1.82, 2.24) is 10.6 Å². The van der Waals surface area contributed by atoms with Crippen LogP contribution >= 0.6 is 0 Å². The lowest BCUT2D eigenvalue weighted by Crippen LogP contribution is -2.37. The molecule has 1 heterocycles. The highest BCUT2D eigenvalue weighted by Crippen LogP contribution is 2.32. The Balaban J connectivity index is 1.77. The molecule has 4 heteroatoms. The van der Waals surface area contributed by atoms with Gasteiger partial charge in [0.05, 0.1) is 13.2 Å². The zero-order valence-corrected chi connectivity index (χ0v) is 12.3.